The predicted molar refractivity (Wildman–Crippen MR) is 52.5 cm³/mol. The Morgan fingerprint density at radius 3 is 3.00 bits per heavy atom. The SMILES string of the molecule is COC(=O)c1ccc(CSC(N)=[NH2+])o1. The van der Waals surface area contributed by atoms with Crippen LogP contribution in [-0.2, 0) is 10.5 Å². The molecule has 6 heteroatoms. The maximum absolute atomic E-state index is 11.0. The predicted octanol–water partition coefficient (Wildman–Crippen LogP) is -0.627. The van der Waals surface area contributed by atoms with Crippen LogP contribution in [0, 0.1) is 0 Å². The van der Waals surface area contributed by atoms with Crippen LogP contribution >= 0.6 is 11.8 Å². The molecule has 0 atom stereocenters. The lowest BCUT2D eigenvalue weighted by atomic mass is 10.4. The number of thioether (sulfide) groups is 1. The molecule has 0 aromatic carbocycles. The summed E-state index contributed by atoms with van der Waals surface area (Å²) in [4.78, 5) is 11.0. The van der Waals surface area contributed by atoms with Gasteiger partial charge in [-0.25, -0.2) is 4.79 Å². The van der Waals surface area contributed by atoms with Gasteiger partial charge in [0, 0.05) is 0 Å². The minimum absolute atomic E-state index is 0.179. The molecule has 0 unspecified atom stereocenters. The monoisotopic (exact) mass is 215 g/mol. The molecule has 4 N–H and O–H groups in total. The lowest BCUT2D eigenvalue weighted by Crippen LogP contribution is -2.43. The molecule has 0 aliphatic heterocycles. The van der Waals surface area contributed by atoms with Gasteiger partial charge in [-0.1, -0.05) is 0 Å². The summed E-state index contributed by atoms with van der Waals surface area (Å²) < 4.78 is 9.65. The van der Waals surface area contributed by atoms with Crippen molar-refractivity contribution in [3.63, 3.8) is 0 Å². The van der Waals surface area contributed by atoms with Gasteiger partial charge in [0.25, 0.3) is 5.17 Å². The number of nitrogens with two attached hydrogens (primary N) is 2. The number of rotatable bonds is 3. The van der Waals surface area contributed by atoms with Crippen LogP contribution < -0.4 is 11.1 Å². The molecule has 0 aliphatic rings. The maximum Gasteiger partial charge on any atom is 0.373 e. The molecule has 0 fully saturated rings. The lowest BCUT2D eigenvalue weighted by Gasteiger charge is -1.93. The fraction of sp³-hybridized carbons (Fsp3) is 0.250. The second kappa shape index (κ2) is 4.71. The number of furan rings is 1. The van der Waals surface area contributed by atoms with Gasteiger partial charge in [-0.2, -0.15) is 0 Å². The van der Waals surface area contributed by atoms with Crippen molar-refractivity contribution in [2.24, 2.45) is 5.73 Å². The maximum atomic E-state index is 11.0. The number of hydrogen-bond acceptors (Lipinski definition) is 4. The van der Waals surface area contributed by atoms with Crippen LogP contribution in [0.5, 0.6) is 0 Å². The van der Waals surface area contributed by atoms with Crippen LogP contribution in [0.2, 0.25) is 0 Å². The van der Waals surface area contributed by atoms with E-state index in [0.717, 1.165) is 0 Å². The number of esters is 1. The lowest BCUT2D eigenvalue weighted by molar-refractivity contribution is -0.110. The highest BCUT2D eigenvalue weighted by Crippen LogP contribution is 2.14. The van der Waals surface area contributed by atoms with Gasteiger partial charge in [-0.05, 0) is 23.9 Å². The molecule has 5 nitrogen and oxygen atoms in total. The normalized spacial score (nSPS) is 9.79. The summed E-state index contributed by atoms with van der Waals surface area (Å²) in [5.41, 5.74) is 5.26. The molecule has 14 heavy (non-hydrogen) atoms. The van der Waals surface area contributed by atoms with Crippen LogP contribution in [0.4, 0.5) is 0 Å². The van der Waals surface area contributed by atoms with Crippen LogP contribution in [0.25, 0.3) is 0 Å². The highest BCUT2D eigenvalue weighted by molar-refractivity contribution is 8.12. The largest absolute Gasteiger partial charge is 0.463 e. The fourth-order valence-corrected chi connectivity index (χ4v) is 1.28. The average molecular weight is 215 g/mol. The Bertz CT molecular complexity index is 348. The quantitative estimate of drug-likeness (QED) is 0.398. The molecule has 0 spiro atoms. The van der Waals surface area contributed by atoms with Gasteiger partial charge in [0.1, 0.15) is 5.76 Å². The molecule has 0 amide bonds. The molecular weight excluding hydrogens is 204 g/mol. The first-order valence-corrected chi connectivity index (χ1v) is 4.79. The topological polar surface area (TPSA) is 91.0 Å². The summed E-state index contributed by atoms with van der Waals surface area (Å²) in [5, 5.41) is 5.52. The number of ether oxygens (including phenoxy) is 1. The van der Waals surface area contributed by atoms with Crippen molar-refractivity contribution < 1.29 is 19.4 Å². The van der Waals surface area contributed by atoms with E-state index in [9.17, 15) is 4.79 Å². The first kappa shape index (κ1) is 10.6. The van der Waals surface area contributed by atoms with Gasteiger partial charge in [0.05, 0.1) is 12.9 Å². The van der Waals surface area contributed by atoms with E-state index in [1.807, 2.05) is 0 Å². The number of methoxy groups -OCH3 is 1. The summed E-state index contributed by atoms with van der Waals surface area (Å²) >= 11 is 1.24. The molecule has 0 aliphatic carbocycles. The Balaban J connectivity index is 2.59. The van der Waals surface area contributed by atoms with Crippen molar-refractivity contribution in [3.8, 4) is 0 Å². The Morgan fingerprint density at radius 1 is 1.71 bits per heavy atom. The fourth-order valence-electron chi connectivity index (χ4n) is 0.820. The van der Waals surface area contributed by atoms with Gasteiger partial charge in [0.15, 0.2) is 0 Å². The zero-order valence-corrected chi connectivity index (χ0v) is 8.47. The molecule has 1 heterocycles. The Morgan fingerprint density at radius 2 is 2.43 bits per heavy atom. The first-order valence-electron chi connectivity index (χ1n) is 3.81. The van der Waals surface area contributed by atoms with Gasteiger partial charge in [0.2, 0.25) is 5.76 Å². The highest BCUT2D eigenvalue weighted by Gasteiger charge is 2.11. The number of carbonyl (C=O) groups is 1. The van der Waals surface area contributed by atoms with Crippen molar-refractivity contribution in [3.05, 3.63) is 23.7 Å². The Hall–Kier alpha value is -1.43. The van der Waals surface area contributed by atoms with E-state index in [4.69, 9.17) is 15.6 Å². The highest BCUT2D eigenvalue weighted by atomic mass is 32.2. The minimum atomic E-state index is -0.494. The zero-order chi connectivity index (χ0) is 10.6. The number of hydrogen-bond donors (Lipinski definition) is 2. The van der Waals surface area contributed by atoms with E-state index in [1.54, 1.807) is 12.1 Å². The summed E-state index contributed by atoms with van der Waals surface area (Å²) in [7, 11) is 1.30. The smallest absolute Gasteiger partial charge is 0.373 e. The Labute approximate surface area is 85.1 Å². The third kappa shape index (κ3) is 2.81. The molecule has 1 aromatic heterocycles. The molecule has 0 bridgehead atoms. The van der Waals surface area contributed by atoms with E-state index in [0.29, 0.717) is 11.5 Å². The van der Waals surface area contributed by atoms with Gasteiger partial charge in [-0.3, -0.25) is 11.1 Å². The molecule has 0 saturated heterocycles. The molecular formula is C8H11N2O3S+. The van der Waals surface area contributed by atoms with E-state index in [2.05, 4.69) is 4.74 Å². The molecule has 1 rings (SSSR count). The minimum Gasteiger partial charge on any atom is -0.463 e. The third-order valence-electron chi connectivity index (χ3n) is 1.43. The summed E-state index contributed by atoms with van der Waals surface area (Å²) in [6.45, 7) is 0. The molecule has 1 aromatic rings. The van der Waals surface area contributed by atoms with E-state index in [1.165, 1.54) is 18.9 Å². The second-order valence-corrected chi connectivity index (χ2v) is 3.50. The summed E-state index contributed by atoms with van der Waals surface area (Å²) in [6, 6.07) is 3.23. The average Bonchev–Trinajstić information content (AvgIpc) is 2.62. The van der Waals surface area contributed by atoms with Crippen molar-refractivity contribution in [1.29, 1.82) is 0 Å². The number of carbonyl (C=O) groups excluding carboxylic acids is 1. The Kier molecular flexibility index (Phi) is 3.58. The number of amidine groups is 1. The first-order chi connectivity index (χ1) is 6.63. The molecule has 76 valence electrons. The van der Waals surface area contributed by atoms with E-state index >= 15 is 0 Å². The van der Waals surface area contributed by atoms with Crippen molar-refractivity contribution in [2.45, 2.75) is 5.75 Å². The zero-order valence-electron chi connectivity index (χ0n) is 7.65. The summed E-state index contributed by atoms with van der Waals surface area (Å²) in [6.07, 6.45) is 0. The van der Waals surface area contributed by atoms with Crippen LogP contribution in [-0.4, -0.2) is 18.2 Å². The van der Waals surface area contributed by atoms with Crippen molar-refractivity contribution >= 4 is 22.9 Å². The van der Waals surface area contributed by atoms with Crippen molar-refractivity contribution in [2.75, 3.05) is 7.11 Å². The van der Waals surface area contributed by atoms with E-state index < -0.39 is 5.97 Å². The van der Waals surface area contributed by atoms with Gasteiger partial charge < -0.3 is 9.15 Å². The third-order valence-corrected chi connectivity index (χ3v) is 2.19. The van der Waals surface area contributed by atoms with Gasteiger partial charge in [-0.15, -0.1) is 0 Å². The van der Waals surface area contributed by atoms with Crippen LogP contribution in [0.15, 0.2) is 16.5 Å². The standard InChI is InChI=1S/C8H10N2O3S/c1-12-7(11)6-3-2-5(13-6)4-14-8(9)10/h2-3H,4H2,1H3,(H3,9,10)/p+1. The molecule has 0 saturated carbocycles. The van der Waals surface area contributed by atoms with E-state index in [-0.39, 0.29) is 10.9 Å². The van der Waals surface area contributed by atoms with Crippen LogP contribution in [0.3, 0.4) is 0 Å². The van der Waals surface area contributed by atoms with Gasteiger partial charge >= 0.3 is 5.97 Å². The second-order valence-electron chi connectivity index (χ2n) is 2.45. The molecule has 0 radical (unpaired) electrons. The van der Waals surface area contributed by atoms with Crippen molar-refractivity contribution in [1.82, 2.24) is 0 Å². The van der Waals surface area contributed by atoms with Crippen LogP contribution in [0.1, 0.15) is 16.3 Å². The summed E-state index contributed by atoms with van der Waals surface area (Å²) in [5.74, 6) is 0.813.